The number of imidazole rings is 1. The Morgan fingerprint density at radius 2 is 1.57 bits per heavy atom. The number of nitrogens with zero attached hydrogens (tertiary/aromatic N) is 2. The van der Waals surface area contributed by atoms with Gasteiger partial charge in [0.1, 0.15) is 17.2 Å². The topological polar surface area (TPSA) is 43.3 Å². The monoisotopic (exact) mass is 279 g/mol. The average molecular weight is 279 g/mol. The average Bonchev–Trinajstić information content (AvgIpc) is 2.77. The fraction of sp³-hybridized carbons (Fsp3) is 0.278. The molecule has 0 aliphatic carbocycles. The standard InChI is InChI=1S/C18H21N3/c1-10-7-6-8-21-17(19)16(20-18(10)21)15-13(4)11(2)9-12(3)14(15)5/h6-9H,19H2,1-5H3. The van der Waals surface area contributed by atoms with Gasteiger partial charge in [0.15, 0.2) is 0 Å². The highest BCUT2D eigenvalue weighted by molar-refractivity contribution is 5.81. The van der Waals surface area contributed by atoms with Crippen molar-refractivity contribution in [3.63, 3.8) is 0 Å². The molecule has 21 heavy (non-hydrogen) atoms. The van der Waals surface area contributed by atoms with E-state index in [0.717, 1.165) is 16.9 Å². The van der Waals surface area contributed by atoms with Gasteiger partial charge in [0.2, 0.25) is 0 Å². The molecule has 2 heterocycles. The van der Waals surface area contributed by atoms with Gasteiger partial charge in [-0.15, -0.1) is 0 Å². The number of aryl methyl sites for hydroxylation is 3. The number of rotatable bonds is 1. The van der Waals surface area contributed by atoms with Crippen LogP contribution in [0.15, 0.2) is 24.4 Å². The predicted molar refractivity (Wildman–Crippen MR) is 88.7 cm³/mol. The van der Waals surface area contributed by atoms with Gasteiger partial charge in [-0.3, -0.25) is 4.40 Å². The van der Waals surface area contributed by atoms with E-state index in [2.05, 4.69) is 46.8 Å². The van der Waals surface area contributed by atoms with Crippen LogP contribution in [-0.4, -0.2) is 9.38 Å². The molecule has 0 amide bonds. The molecule has 0 spiro atoms. The molecule has 3 aromatic rings. The maximum Gasteiger partial charge on any atom is 0.142 e. The molecule has 0 atom stereocenters. The van der Waals surface area contributed by atoms with Crippen molar-refractivity contribution in [3.8, 4) is 11.3 Å². The van der Waals surface area contributed by atoms with Crippen LogP contribution in [0.5, 0.6) is 0 Å². The Labute approximate surface area is 125 Å². The van der Waals surface area contributed by atoms with Gasteiger partial charge in [-0.05, 0) is 68.5 Å². The van der Waals surface area contributed by atoms with Crippen molar-refractivity contribution in [2.45, 2.75) is 34.6 Å². The van der Waals surface area contributed by atoms with E-state index in [1.807, 2.05) is 16.7 Å². The molecule has 0 radical (unpaired) electrons. The summed E-state index contributed by atoms with van der Waals surface area (Å²) in [5.41, 5.74) is 15.6. The van der Waals surface area contributed by atoms with Gasteiger partial charge < -0.3 is 5.73 Å². The van der Waals surface area contributed by atoms with Crippen LogP contribution in [0.4, 0.5) is 5.82 Å². The van der Waals surface area contributed by atoms with Gasteiger partial charge in [0.25, 0.3) is 0 Å². The van der Waals surface area contributed by atoms with Crippen LogP contribution in [0, 0.1) is 34.6 Å². The number of pyridine rings is 1. The molecule has 0 unspecified atom stereocenters. The lowest BCUT2D eigenvalue weighted by atomic mass is 9.92. The van der Waals surface area contributed by atoms with Crippen molar-refractivity contribution in [2.75, 3.05) is 5.73 Å². The Morgan fingerprint density at radius 1 is 0.952 bits per heavy atom. The van der Waals surface area contributed by atoms with Crippen molar-refractivity contribution in [2.24, 2.45) is 0 Å². The molecule has 2 N–H and O–H groups in total. The lowest BCUT2D eigenvalue weighted by Gasteiger charge is -2.14. The second-order valence-corrected chi connectivity index (χ2v) is 5.87. The number of anilines is 1. The molecule has 0 fully saturated rings. The third kappa shape index (κ3) is 1.92. The lowest BCUT2D eigenvalue weighted by molar-refractivity contribution is 1.17. The molecule has 3 heteroatoms. The summed E-state index contributed by atoms with van der Waals surface area (Å²) >= 11 is 0. The molecule has 0 aliphatic rings. The zero-order chi connectivity index (χ0) is 15.3. The van der Waals surface area contributed by atoms with Gasteiger partial charge in [0, 0.05) is 11.8 Å². The molecule has 0 saturated heterocycles. The maximum absolute atomic E-state index is 6.38. The normalized spacial score (nSPS) is 11.3. The number of hydrogen-bond donors (Lipinski definition) is 1. The van der Waals surface area contributed by atoms with Crippen molar-refractivity contribution >= 4 is 11.5 Å². The molecule has 3 rings (SSSR count). The maximum atomic E-state index is 6.38. The Bertz CT molecular complexity index is 831. The zero-order valence-electron chi connectivity index (χ0n) is 13.3. The van der Waals surface area contributed by atoms with Crippen molar-refractivity contribution < 1.29 is 0 Å². The van der Waals surface area contributed by atoms with Crippen LogP contribution in [-0.2, 0) is 0 Å². The van der Waals surface area contributed by atoms with Crippen LogP contribution in [0.25, 0.3) is 16.9 Å². The zero-order valence-corrected chi connectivity index (χ0v) is 13.3. The Morgan fingerprint density at radius 3 is 2.14 bits per heavy atom. The first kappa shape index (κ1) is 13.7. The van der Waals surface area contributed by atoms with E-state index in [-0.39, 0.29) is 0 Å². The van der Waals surface area contributed by atoms with E-state index in [1.165, 1.54) is 27.8 Å². The van der Waals surface area contributed by atoms with Crippen LogP contribution < -0.4 is 5.73 Å². The highest BCUT2D eigenvalue weighted by atomic mass is 15.1. The summed E-state index contributed by atoms with van der Waals surface area (Å²) in [4.78, 5) is 4.82. The van der Waals surface area contributed by atoms with Gasteiger partial charge >= 0.3 is 0 Å². The smallest absolute Gasteiger partial charge is 0.142 e. The highest BCUT2D eigenvalue weighted by Crippen LogP contribution is 2.35. The predicted octanol–water partition coefficient (Wildman–Crippen LogP) is 4.13. The van der Waals surface area contributed by atoms with Crippen LogP contribution in [0.1, 0.15) is 27.8 Å². The van der Waals surface area contributed by atoms with Gasteiger partial charge in [0.05, 0.1) is 0 Å². The lowest BCUT2D eigenvalue weighted by Crippen LogP contribution is -1.99. The van der Waals surface area contributed by atoms with Crippen LogP contribution in [0.3, 0.4) is 0 Å². The molecule has 2 aromatic heterocycles. The first-order chi connectivity index (χ1) is 9.91. The number of nitrogen functional groups attached to an aromatic ring is 1. The fourth-order valence-electron chi connectivity index (χ4n) is 2.98. The van der Waals surface area contributed by atoms with Crippen molar-refractivity contribution in [1.29, 1.82) is 0 Å². The first-order valence-corrected chi connectivity index (χ1v) is 7.22. The van der Waals surface area contributed by atoms with Gasteiger partial charge in [-0.2, -0.15) is 0 Å². The molecule has 3 nitrogen and oxygen atoms in total. The number of aromatic nitrogens is 2. The second-order valence-electron chi connectivity index (χ2n) is 5.87. The molecular formula is C18H21N3. The Kier molecular flexibility index (Phi) is 3.01. The highest BCUT2D eigenvalue weighted by Gasteiger charge is 2.18. The summed E-state index contributed by atoms with van der Waals surface area (Å²) in [5.74, 6) is 0.713. The fourth-order valence-corrected chi connectivity index (χ4v) is 2.98. The summed E-state index contributed by atoms with van der Waals surface area (Å²) in [7, 11) is 0. The minimum Gasteiger partial charge on any atom is -0.383 e. The van der Waals surface area contributed by atoms with E-state index in [1.54, 1.807) is 0 Å². The molecule has 0 saturated carbocycles. The minimum atomic E-state index is 0.713. The second kappa shape index (κ2) is 4.62. The number of benzene rings is 1. The molecule has 1 aromatic carbocycles. The SMILES string of the molecule is Cc1cc(C)c(C)c(-c2nc3c(C)cccn3c2N)c1C. The van der Waals surface area contributed by atoms with Crippen LogP contribution in [0.2, 0.25) is 0 Å². The molecule has 0 bridgehead atoms. The number of hydrogen-bond acceptors (Lipinski definition) is 2. The summed E-state index contributed by atoms with van der Waals surface area (Å²) in [5, 5.41) is 0. The summed E-state index contributed by atoms with van der Waals surface area (Å²) in [6, 6.07) is 6.30. The third-order valence-corrected chi connectivity index (χ3v) is 4.48. The summed E-state index contributed by atoms with van der Waals surface area (Å²) in [6.07, 6.45) is 1.97. The molecule has 0 aliphatic heterocycles. The first-order valence-electron chi connectivity index (χ1n) is 7.22. The van der Waals surface area contributed by atoms with Crippen molar-refractivity contribution in [1.82, 2.24) is 9.38 Å². The van der Waals surface area contributed by atoms with E-state index in [9.17, 15) is 0 Å². The van der Waals surface area contributed by atoms with E-state index in [0.29, 0.717) is 5.82 Å². The largest absolute Gasteiger partial charge is 0.383 e. The van der Waals surface area contributed by atoms with E-state index >= 15 is 0 Å². The van der Waals surface area contributed by atoms with Gasteiger partial charge in [-0.25, -0.2) is 4.98 Å². The molecular weight excluding hydrogens is 258 g/mol. The quantitative estimate of drug-likeness (QED) is 0.728. The Hall–Kier alpha value is -2.29. The number of fused-ring (bicyclic) bond motifs is 1. The van der Waals surface area contributed by atoms with E-state index in [4.69, 9.17) is 10.7 Å². The third-order valence-electron chi connectivity index (χ3n) is 4.48. The number of nitrogens with two attached hydrogens (primary N) is 1. The summed E-state index contributed by atoms with van der Waals surface area (Å²) in [6.45, 7) is 10.6. The van der Waals surface area contributed by atoms with E-state index < -0.39 is 0 Å². The molecule has 108 valence electrons. The van der Waals surface area contributed by atoms with Crippen molar-refractivity contribution in [3.05, 3.63) is 52.2 Å². The van der Waals surface area contributed by atoms with Gasteiger partial charge in [-0.1, -0.05) is 12.1 Å². The Balaban J connectivity index is 2.42. The summed E-state index contributed by atoms with van der Waals surface area (Å²) < 4.78 is 1.97. The van der Waals surface area contributed by atoms with Crippen LogP contribution >= 0.6 is 0 Å². The minimum absolute atomic E-state index is 0.713.